The van der Waals surface area contributed by atoms with E-state index >= 15 is 0 Å². The Hall–Kier alpha value is -2.36. The molecule has 0 saturated heterocycles. The number of amides is 1. The van der Waals surface area contributed by atoms with Crippen LogP contribution in [-0.2, 0) is 0 Å². The van der Waals surface area contributed by atoms with Crippen LogP contribution in [0.5, 0.6) is 0 Å². The summed E-state index contributed by atoms with van der Waals surface area (Å²) in [4.78, 5) is 14.0. The molecule has 2 aromatic carbocycles. The van der Waals surface area contributed by atoms with E-state index in [1.165, 1.54) is 24.3 Å². The molecule has 0 saturated carbocycles. The molecule has 98 valence electrons. The number of benzene rings is 2. The van der Waals surface area contributed by atoms with Crippen LogP contribution in [0.25, 0.3) is 0 Å². The van der Waals surface area contributed by atoms with Crippen molar-refractivity contribution in [1.82, 2.24) is 0 Å². The van der Waals surface area contributed by atoms with Gasteiger partial charge in [0.05, 0.1) is 11.4 Å². The predicted octanol–water partition coefficient (Wildman–Crippen LogP) is 3.07. The molecule has 2 rings (SSSR count). The minimum absolute atomic E-state index is 0.194. The minimum atomic E-state index is -0.362. The average molecular weight is 258 g/mol. The van der Waals surface area contributed by atoms with Gasteiger partial charge in [-0.3, -0.25) is 4.79 Å². The Morgan fingerprint density at radius 3 is 2.37 bits per heavy atom. The maximum Gasteiger partial charge on any atom is 0.258 e. The van der Waals surface area contributed by atoms with Crippen LogP contribution in [0, 0.1) is 5.82 Å². The van der Waals surface area contributed by atoms with Crippen molar-refractivity contribution in [2.45, 2.75) is 6.92 Å². The lowest BCUT2D eigenvalue weighted by Crippen LogP contribution is -2.31. The monoisotopic (exact) mass is 258 g/mol. The lowest BCUT2D eigenvalue weighted by Gasteiger charge is -2.22. The second kappa shape index (κ2) is 5.52. The van der Waals surface area contributed by atoms with Gasteiger partial charge in [-0.2, -0.15) is 0 Å². The van der Waals surface area contributed by atoms with Crippen molar-refractivity contribution in [2.24, 2.45) is 0 Å². The highest BCUT2D eigenvalue weighted by Crippen LogP contribution is 2.24. The van der Waals surface area contributed by atoms with Gasteiger partial charge in [-0.1, -0.05) is 12.1 Å². The fourth-order valence-corrected chi connectivity index (χ4v) is 1.90. The fourth-order valence-electron chi connectivity index (χ4n) is 1.90. The van der Waals surface area contributed by atoms with Crippen LogP contribution < -0.4 is 10.6 Å². The third kappa shape index (κ3) is 2.73. The maximum absolute atomic E-state index is 12.9. The number of rotatable bonds is 3. The molecule has 0 heterocycles. The Balaban J connectivity index is 2.35. The zero-order valence-corrected chi connectivity index (χ0v) is 10.6. The molecule has 19 heavy (non-hydrogen) atoms. The molecule has 0 atom stereocenters. The van der Waals surface area contributed by atoms with Crippen LogP contribution >= 0.6 is 0 Å². The molecule has 0 aromatic heterocycles. The van der Waals surface area contributed by atoms with Gasteiger partial charge in [0.15, 0.2) is 0 Å². The number of anilines is 2. The quantitative estimate of drug-likeness (QED) is 0.860. The number of nitrogens with zero attached hydrogens (tertiary/aromatic N) is 1. The summed E-state index contributed by atoms with van der Waals surface area (Å²) in [5, 5.41) is 0. The van der Waals surface area contributed by atoms with E-state index in [0.717, 1.165) is 0 Å². The summed E-state index contributed by atoms with van der Waals surface area (Å²) in [5.41, 5.74) is 7.53. The number of halogens is 1. The molecule has 0 spiro atoms. The van der Waals surface area contributed by atoms with Gasteiger partial charge in [-0.25, -0.2) is 4.39 Å². The largest absolute Gasteiger partial charge is 0.397 e. The highest BCUT2D eigenvalue weighted by molar-refractivity contribution is 6.07. The molecule has 0 unspecified atom stereocenters. The van der Waals surface area contributed by atoms with Gasteiger partial charge >= 0.3 is 0 Å². The molecule has 4 heteroatoms. The molecular weight excluding hydrogens is 243 g/mol. The third-order valence-corrected chi connectivity index (χ3v) is 2.88. The van der Waals surface area contributed by atoms with Crippen LogP contribution in [0.4, 0.5) is 15.8 Å². The van der Waals surface area contributed by atoms with Crippen molar-refractivity contribution >= 4 is 17.3 Å². The zero-order valence-electron chi connectivity index (χ0n) is 10.6. The fraction of sp³-hybridized carbons (Fsp3) is 0.133. The van der Waals surface area contributed by atoms with Gasteiger partial charge in [-0.15, -0.1) is 0 Å². The van der Waals surface area contributed by atoms with Gasteiger partial charge in [0, 0.05) is 12.1 Å². The Labute approximate surface area is 111 Å². The molecular formula is C15H15FN2O. The Bertz CT molecular complexity index is 581. The van der Waals surface area contributed by atoms with E-state index < -0.39 is 0 Å². The third-order valence-electron chi connectivity index (χ3n) is 2.88. The summed E-state index contributed by atoms with van der Waals surface area (Å²) >= 11 is 0. The smallest absolute Gasteiger partial charge is 0.258 e. The topological polar surface area (TPSA) is 46.3 Å². The van der Waals surface area contributed by atoms with E-state index in [1.807, 2.05) is 19.1 Å². The number of nitrogen functional groups attached to an aromatic ring is 1. The van der Waals surface area contributed by atoms with E-state index in [-0.39, 0.29) is 11.7 Å². The number of carbonyl (C=O) groups is 1. The zero-order chi connectivity index (χ0) is 13.8. The molecule has 0 fully saturated rings. The molecule has 0 aliphatic rings. The summed E-state index contributed by atoms with van der Waals surface area (Å²) < 4.78 is 12.9. The Kier molecular flexibility index (Phi) is 3.80. The summed E-state index contributed by atoms with van der Waals surface area (Å²) in [5.74, 6) is -0.556. The average Bonchev–Trinajstić information content (AvgIpc) is 2.42. The van der Waals surface area contributed by atoms with Crippen LogP contribution in [0.3, 0.4) is 0 Å². The molecule has 1 amide bonds. The lowest BCUT2D eigenvalue weighted by molar-refractivity contribution is 0.0988. The van der Waals surface area contributed by atoms with Crippen molar-refractivity contribution < 1.29 is 9.18 Å². The van der Waals surface area contributed by atoms with Crippen LogP contribution in [0.15, 0.2) is 48.5 Å². The van der Waals surface area contributed by atoms with Gasteiger partial charge in [0.2, 0.25) is 0 Å². The normalized spacial score (nSPS) is 10.2. The first kappa shape index (κ1) is 13.1. The molecule has 3 nitrogen and oxygen atoms in total. The van der Waals surface area contributed by atoms with Crippen molar-refractivity contribution in [3.63, 3.8) is 0 Å². The van der Waals surface area contributed by atoms with Gasteiger partial charge in [-0.05, 0) is 43.3 Å². The second-order valence-electron chi connectivity index (χ2n) is 4.12. The highest BCUT2D eigenvalue weighted by Gasteiger charge is 2.17. The first-order valence-corrected chi connectivity index (χ1v) is 6.05. The summed E-state index contributed by atoms with van der Waals surface area (Å²) in [6, 6.07) is 12.7. The number of nitrogens with two attached hydrogens (primary N) is 1. The van der Waals surface area contributed by atoms with Crippen molar-refractivity contribution in [2.75, 3.05) is 17.2 Å². The number of hydrogen-bond acceptors (Lipinski definition) is 2. The summed E-state index contributed by atoms with van der Waals surface area (Å²) in [7, 11) is 0. The number of para-hydroxylation sites is 2. The summed E-state index contributed by atoms with van der Waals surface area (Å²) in [6.07, 6.45) is 0. The molecule has 0 bridgehead atoms. The first-order chi connectivity index (χ1) is 9.13. The van der Waals surface area contributed by atoms with Crippen LogP contribution in [-0.4, -0.2) is 12.5 Å². The predicted molar refractivity (Wildman–Crippen MR) is 74.6 cm³/mol. The standard InChI is InChI=1S/C15H15FN2O/c1-2-18(14-6-4-3-5-13(14)17)15(19)11-7-9-12(16)10-8-11/h3-10H,2,17H2,1H3. The van der Waals surface area contributed by atoms with Gasteiger partial charge in [0.1, 0.15) is 5.82 Å². The lowest BCUT2D eigenvalue weighted by atomic mass is 10.1. The van der Waals surface area contributed by atoms with Crippen molar-refractivity contribution in [1.29, 1.82) is 0 Å². The van der Waals surface area contributed by atoms with E-state index in [2.05, 4.69) is 0 Å². The number of hydrogen-bond donors (Lipinski definition) is 1. The van der Waals surface area contributed by atoms with Crippen molar-refractivity contribution in [3.05, 3.63) is 59.9 Å². The Morgan fingerprint density at radius 2 is 1.79 bits per heavy atom. The van der Waals surface area contributed by atoms with E-state index in [4.69, 9.17) is 5.73 Å². The number of carbonyl (C=O) groups excluding carboxylic acids is 1. The minimum Gasteiger partial charge on any atom is -0.397 e. The van der Waals surface area contributed by atoms with Crippen LogP contribution in [0.1, 0.15) is 17.3 Å². The highest BCUT2D eigenvalue weighted by atomic mass is 19.1. The summed E-state index contributed by atoms with van der Waals surface area (Å²) in [6.45, 7) is 2.36. The molecule has 2 aromatic rings. The molecule has 0 aliphatic heterocycles. The van der Waals surface area contributed by atoms with E-state index in [1.54, 1.807) is 17.0 Å². The van der Waals surface area contributed by atoms with E-state index in [9.17, 15) is 9.18 Å². The van der Waals surface area contributed by atoms with Gasteiger partial charge < -0.3 is 10.6 Å². The molecule has 0 radical (unpaired) electrons. The maximum atomic E-state index is 12.9. The van der Waals surface area contributed by atoms with Gasteiger partial charge in [0.25, 0.3) is 5.91 Å². The first-order valence-electron chi connectivity index (χ1n) is 6.05. The molecule has 2 N–H and O–H groups in total. The molecule has 0 aliphatic carbocycles. The Morgan fingerprint density at radius 1 is 1.16 bits per heavy atom. The van der Waals surface area contributed by atoms with Crippen molar-refractivity contribution in [3.8, 4) is 0 Å². The van der Waals surface area contributed by atoms with Crippen LogP contribution in [0.2, 0.25) is 0 Å². The second-order valence-corrected chi connectivity index (χ2v) is 4.12. The van der Waals surface area contributed by atoms with E-state index in [0.29, 0.717) is 23.5 Å². The SMILES string of the molecule is CCN(C(=O)c1ccc(F)cc1)c1ccccc1N.